The van der Waals surface area contributed by atoms with Crippen LogP contribution in [0.5, 0.6) is 5.75 Å². The minimum atomic E-state index is -0.263. The molecule has 1 atom stereocenters. The summed E-state index contributed by atoms with van der Waals surface area (Å²) in [7, 11) is 1.64. The molecule has 3 rings (SSSR count). The molecule has 0 unspecified atom stereocenters. The molecule has 7 nitrogen and oxygen atoms in total. The Bertz CT molecular complexity index is 803. The fourth-order valence-electron chi connectivity index (χ4n) is 3.12. The molecule has 0 saturated carbocycles. The van der Waals surface area contributed by atoms with Crippen molar-refractivity contribution in [1.29, 1.82) is 0 Å². The molecule has 0 radical (unpaired) electrons. The molecule has 1 aromatic carbocycles. The van der Waals surface area contributed by atoms with Crippen molar-refractivity contribution < 1.29 is 9.53 Å². The Morgan fingerprint density at radius 1 is 1.32 bits per heavy atom. The van der Waals surface area contributed by atoms with E-state index in [1.807, 2.05) is 31.2 Å². The Kier molecular flexibility index (Phi) is 7.47. The second kappa shape index (κ2) is 10.3. The van der Waals surface area contributed by atoms with Gasteiger partial charge in [0.25, 0.3) is 0 Å². The molecule has 0 saturated heterocycles. The minimum Gasteiger partial charge on any atom is -0.497 e. The van der Waals surface area contributed by atoms with Crippen LogP contribution in [-0.2, 0) is 11.3 Å². The highest BCUT2D eigenvalue weighted by atomic mass is 32.2. The van der Waals surface area contributed by atoms with Gasteiger partial charge in [-0.25, -0.2) is 4.68 Å². The van der Waals surface area contributed by atoms with Crippen LogP contribution < -0.4 is 10.1 Å². The third kappa shape index (κ3) is 5.82. The second-order valence-corrected chi connectivity index (χ2v) is 8.18. The van der Waals surface area contributed by atoms with Crippen LogP contribution in [-0.4, -0.2) is 45.0 Å². The number of aromatic nitrogens is 4. The standard InChI is InChI=1S/C20H27N5O2S/c1-15(19(26)21-13-12-16-6-4-3-5-7-16)28-20-22-23-24-25(20)14-17-8-10-18(27-2)11-9-17/h6,8-11,15H,3-5,7,12-14H2,1-2H3,(H,21,26)/t15-/m0/s1. The van der Waals surface area contributed by atoms with Crippen molar-refractivity contribution in [2.75, 3.05) is 13.7 Å². The fourth-order valence-corrected chi connectivity index (χ4v) is 3.93. The van der Waals surface area contributed by atoms with Gasteiger partial charge in [-0.05, 0) is 67.2 Å². The van der Waals surface area contributed by atoms with Crippen LogP contribution in [0.15, 0.2) is 41.1 Å². The summed E-state index contributed by atoms with van der Waals surface area (Å²) in [6.45, 7) is 3.11. The number of amides is 1. The average molecular weight is 402 g/mol. The molecule has 0 bridgehead atoms. The molecule has 1 aliphatic carbocycles. The number of nitrogens with one attached hydrogen (secondary N) is 1. The third-order valence-electron chi connectivity index (χ3n) is 4.77. The van der Waals surface area contributed by atoms with Gasteiger partial charge >= 0.3 is 0 Å². The molecular formula is C20H27N5O2S. The number of ether oxygens (including phenoxy) is 1. The fraction of sp³-hybridized carbons (Fsp3) is 0.500. The van der Waals surface area contributed by atoms with E-state index in [0.29, 0.717) is 18.2 Å². The zero-order valence-electron chi connectivity index (χ0n) is 16.4. The number of carbonyl (C=O) groups excluding carboxylic acids is 1. The molecular weight excluding hydrogens is 374 g/mol. The summed E-state index contributed by atoms with van der Waals surface area (Å²) in [5, 5.41) is 15.3. The zero-order valence-corrected chi connectivity index (χ0v) is 17.2. The number of allylic oxidation sites excluding steroid dienone is 1. The highest BCUT2D eigenvalue weighted by molar-refractivity contribution is 8.00. The SMILES string of the molecule is COc1ccc(Cn2nnnc2S[C@@H](C)C(=O)NCCC2=CCCCC2)cc1. The summed E-state index contributed by atoms with van der Waals surface area (Å²) < 4.78 is 6.89. The number of rotatable bonds is 9. The van der Waals surface area contributed by atoms with E-state index >= 15 is 0 Å². The molecule has 1 amide bonds. The van der Waals surface area contributed by atoms with Crippen LogP contribution in [0.1, 0.15) is 44.6 Å². The number of tetrazole rings is 1. The molecule has 0 spiro atoms. The minimum absolute atomic E-state index is 0.0143. The molecule has 1 aromatic heterocycles. The average Bonchev–Trinajstić information content (AvgIpc) is 3.15. The Morgan fingerprint density at radius 3 is 2.86 bits per heavy atom. The number of benzene rings is 1. The van der Waals surface area contributed by atoms with E-state index in [0.717, 1.165) is 17.7 Å². The summed E-state index contributed by atoms with van der Waals surface area (Å²) in [4.78, 5) is 12.4. The molecule has 1 aliphatic rings. The first kappa shape index (κ1) is 20.4. The van der Waals surface area contributed by atoms with Gasteiger partial charge in [0.05, 0.1) is 18.9 Å². The Hall–Kier alpha value is -2.35. The maximum Gasteiger partial charge on any atom is 0.233 e. The van der Waals surface area contributed by atoms with Gasteiger partial charge in [0.1, 0.15) is 5.75 Å². The molecule has 0 aliphatic heterocycles. The Labute approximate surface area is 169 Å². The molecule has 1 N–H and O–H groups in total. The summed E-state index contributed by atoms with van der Waals surface area (Å²) in [5.74, 6) is 0.824. The van der Waals surface area contributed by atoms with Gasteiger partial charge in [-0.2, -0.15) is 0 Å². The van der Waals surface area contributed by atoms with Gasteiger partial charge in [-0.1, -0.05) is 35.5 Å². The lowest BCUT2D eigenvalue weighted by Gasteiger charge is -2.14. The van der Waals surface area contributed by atoms with Crippen LogP contribution in [0.4, 0.5) is 0 Å². The van der Waals surface area contributed by atoms with Crippen molar-refractivity contribution in [1.82, 2.24) is 25.5 Å². The van der Waals surface area contributed by atoms with Crippen molar-refractivity contribution in [3.8, 4) is 5.75 Å². The molecule has 0 fully saturated rings. The first-order valence-electron chi connectivity index (χ1n) is 9.67. The van der Waals surface area contributed by atoms with E-state index in [2.05, 4.69) is 26.9 Å². The number of carbonyl (C=O) groups is 1. The number of thioether (sulfide) groups is 1. The summed E-state index contributed by atoms with van der Waals surface area (Å²) in [5.41, 5.74) is 2.53. The molecule has 150 valence electrons. The van der Waals surface area contributed by atoms with Crippen molar-refractivity contribution in [2.24, 2.45) is 0 Å². The quantitative estimate of drug-likeness (QED) is 0.513. The molecule has 1 heterocycles. The highest BCUT2D eigenvalue weighted by Gasteiger charge is 2.18. The van der Waals surface area contributed by atoms with Gasteiger partial charge in [0.2, 0.25) is 11.1 Å². The lowest BCUT2D eigenvalue weighted by molar-refractivity contribution is -0.120. The van der Waals surface area contributed by atoms with Gasteiger partial charge in [0, 0.05) is 6.54 Å². The van der Waals surface area contributed by atoms with Crippen LogP contribution in [0.25, 0.3) is 0 Å². The van der Waals surface area contributed by atoms with E-state index in [9.17, 15) is 4.79 Å². The van der Waals surface area contributed by atoms with E-state index in [1.165, 1.54) is 43.0 Å². The number of hydrogen-bond donors (Lipinski definition) is 1. The first-order valence-corrected chi connectivity index (χ1v) is 10.5. The molecule has 28 heavy (non-hydrogen) atoms. The Morgan fingerprint density at radius 2 is 2.14 bits per heavy atom. The van der Waals surface area contributed by atoms with Crippen LogP contribution in [0.2, 0.25) is 0 Å². The zero-order chi connectivity index (χ0) is 19.8. The normalized spacial score (nSPS) is 15.0. The van der Waals surface area contributed by atoms with Crippen LogP contribution >= 0.6 is 11.8 Å². The largest absolute Gasteiger partial charge is 0.497 e. The van der Waals surface area contributed by atoms with Gasteiger partial charge < -0.3 is 10.1 Å². The number of nitrogens with zero attached hydrogens (tertiary/aromatic N) is 4. The molecule has 8 heteroatoms. The van der Waals surface area contributed by atoms with Crippen molar-refractivity contribution in [2.45, 2.75) is 56.0 Å². The smallest absolute Gasteiger partial charge is 0.233 e. The highest BCUT2D eigenvalue weighted by Crippen LogP contribution is 2.22. The predicted molar refractivity (Wildman–Crippen MR) is 109 cm³/mol. The number of hydrogen-bond acceptors (Lipinski definition) is 6. The number of methoxy groups -OCH3 is 1. The first-order chi connectivity index (χ1) is 13.7. The maximum atomic E-state index is 12.4. The lowest BCUT2D eigenvalue weighted by Crippen LogP contribution is -2.32. The van der Waals surface area contributed by atoms with E-state index in [1.54, 1.807) is 11.8 Å². The van der Waals surface area contributed by atoms with Crippen LogP contribution in [0.3, 0.4) is 0 Å². The van der Waals surface area contributed by atoms with Gasteiger partial charge in [-0.3, -0.25) is 4.79 Å². The predicted octanol–water partition coefficient (Wildman–Crippen LogP) is 3.22. The van der Waals surface area contributed by atoms with Crippen molar-refractivity contribution >= 4 is 17.7 Å². The van der Waals surface area contributed by atoms with E-state index in [-0.39, 0.29) is 11.2 Å². The lowest BCUT2D eigenvalue weighted by atomic mass is 9.97. The van der Waals surface area contributed by atoms with Crippen molar-refractivity contribution in [3.05, 3.63) is 41.5 Å². The van der Waals surface area contributed by atoms with Crippen molar-refractivity contribution in [3.63, 3.8) is 0 Å². The van der Waals surface area contributed by atoms with E-state index < -0.39 is 0 Å². The third-order valence-corrected chi connectivity index (χ3v) is 5.84. The van der Waals surface area contributed by atoms with Crippen LogP contribution in [0, 0.1) is 0 Å². The van der Waals surface area contributed by atoms with Gasteiger partial charge in [-0.15, -0.1) is 5.10 Å². The summed E-state index contributed by atoms with van der Waals surface area (Å²) in [6.07, 6.45) is 8.16. The Balaban J connectivity index is 1.49. The topological polar surface area (TPSA) is 81.9 Å². The van der Waals surface area contributed by atoms with E-state index in [4.69, 9.17) is 4.74 Å². The summed E-state index contributed by atoms with van der Waals surface area (Å²) >= 11 is 1.37. The second-order valence-electron chi connectivity index (χ2n) is 6.88. The van der Waals surface area contributed by atoms with Gasteiger partial charge in [0.15, 0.2) is 0 Å². The monoisotopic (exact) mass is 401 g/mol. The molecule has 2 aromatic rings. The summed E-state index contributed by atoms with van der Waals surface area (Å²) in [6, 6.07) is 7.77. The maximum absolute atomic E-state index is 12.4.